The second-order valence-corrected chi connectivity index (χ2v) is 8.01. The Kier molecular flexibility index (Phi) is 3.85. The minimum atomic E-state index is 0.0895. The van der Waals surface area contributed by atoms with Crippen molar-refractivity contribution in [2.75, 3.05) is 4.90 Å². The predicted molar refractivity (Wildman–Crippen MR) is 120 cm³/mol. The SMILES string of the molecule is O=C1CC[C@@H](c2ccccc2)N1c1ccc2c(c1)C(c1cc3ccccc3[nH]1)=NC2. The van der Waals surface area contributed by atoms with E-state index < -0.39 is 0 Å². The summed E-state index contributed by atoms with van der Waals surface area (Å²) in [6.07, 6.45) is 1.43. The van der Waals surface area contributed by atoms with Crippen molar-refractivity contribution in [2.24, 2.45) is 4.99 Å². The van der Waals surface area contributed by atoms with Gasteiger partial charge in [-0.05, 0) is 41.8 Å². The third-order valence-electron chi connectivity index (χ3n) is 6.22. The molecule has 3 aromatic carbocycles. The molecule has 6 rings (SSSR count). The van der Waals surface area contributed by atoms with E-state index in [-0.39, 0.29) is 11.9 Å². The number of carbonyl (C=O) groups excluding carboxylic acids is 1. The van der Waals surface area contributed by atoms with Crippen LogP contribution in [0.5, 0.6) is 0 Å². The Labute approximate surface area is 174 Å². The molecule has 4 aromatic rings. The first-order valence-corrected chi connectivity index (χ1v) is 10.4. The smallest absolute Gasteiger partial charge is 0.227 e. The van der Waals surface area contributed by atoms with Crippen LogP contribution in [0.15, 0.2) is 83.9 Å². The van der Waals surface area contributed by atoms with Gasteiger partial charge in [-0.25, -0.2) is 0 Å². The number of nitrogens with one attached hydrogen (secondary N) is 1. The maximum Gasteiger partial charge on any atom is 0.227 e. The number of hydrogen-bond donors (Lipinski definition) is 1. The molecule has 0 spiro atoms. The van der Waals surface area contributed by atoms with Gasteiger partial charge in [-0.15, -0.1) is 0 Å². The lowest BCUT2D eigenvalue weighted by Crippen LogP contribution is -2.27. The molecule has 1 fully saturated rings. The van der Waals surface area contributed by atoms with E-state index >= 15 is 0 Å². The lowest BCUT2D eigenvalue weighted by Gasteiger charge is -2.26. The predicted octanol–water partition coefficient (Wildman–Crippen LogP) is 5.39. The van der Waals surface area contributed by atoms with Gasteiger partial charge in [0.2, 0.25) is 5.91 Å². The molecule has 4 heteroatoms. The average Bonchev–Trinajstić information content (AvgIpc) is 3.49. The minimum Gasteiger partial charge on any atom is -0.353 e. The van der Waals surface area contributed by atoms with Crippen molar-refractivity contribution in [3.8, 4) is 0 Å². The number of fused-ring (bicyclic) bond motifs is 2. The number of amides is 1. The van der Waals surface area contributed by atoms with Crippen LogP contribution in [0.4, 0.5) is 5.69 Å². The van der Waals surface area contributed by atoms with Gasteiger partial charge in [0, 0.05) is 28.6 Å². The summed E-state index contributed by atoms with van der Waals surface area (Å²) in [7, 11) is 0. The van der Waals surface area contributed by atoms with Crippen LogP contribution in [0.2, 0.25) is 0 Å². The number of aromatic nitrogens is 1. The van der Waals surface area contributed by atoms with Crippen LogP contribution in [-0.4, -0.2) is 16.6 Å². The molecule has 30 heavy (non-hydrogen) atoms. The molecule has 1 atom stereocenters. The lowest BCUT2D eigenvalue weighted by molar-refractivity contribution is -0.117. The molecular weight excluding hydrogens is 370 g/mol. The first-order chi connectivity index (χ1) is 14.8. The Balaban J connectivity index is 1.41. The summed E-state index contributed by atoms with van der Waals surface area (Å²) in [5.74, 6) is 0.186. The van der Waals surface area contributed by atoms with Crippen LogP contribution in [0.3, 0.4) is 0 Å². The molecule has 0 aliphatic carbocycles. The standard InChI is InChI=1S/C26H21N3O/c30-25-13-12-24(17-6-2-1-3-7-17)29(25)20-11-10-19-16-27-26(21(19)15-20)23-14-18-8-4-5-9-22(18)28-23/h1-11,14-15,24,28H,12-13,16H2/t24-/m0/s1. The van der Waals surface area contributed by atoms with E-state index in [9.17, 15) is 4.79 Å². The Morgan fingerprint density at radius 2 is 1.77 bits per heavy atom. The van der Waals surface area contributed by atoms with Gasteiger partial charge in [0.15, 0.2) is 0 Å². The molecule has 2 aliphatic rings. The van der Waals surface area contributed by atoms with Gasteiger partial charge in [0.05, 0.1) is 24.0 Å². The van der Waals surface area contributed by atoms with Gasteiger partial charge < -0.3 is 9.88 Å². The summed E-state index contributed by atoms with van der Waals surface area (Å²) in [6.45, 7) is 0.677. The monoisotopic (exact) mass is 391 g/mol. The fourth-order valence-corrected chi connectivity index (χ4v) is 4.75. The van der Waals surface area contributed by atoms with E-state index in [0.717, 1.165) is 34.6 Å². The first kappa shape index (κ1) is 17.2. The lowest BCUT2D eigenvalue weighted by atomic mass is 10.0. The molecule has 0 unspecified atom stereocenters. The highest BCUT2D eigenvalue weighted by atomic mass is 16.2. The fourth-order valence-electron chi connectivity index (χ4n) is 4.75. The molecule has 2 aliphatic heterocycles. The maximum absolute atomic E-state index is 12.8. The van der Waals surface area contributed by atoms with Gasteiger partial charge in [0.25, 0.3) is 0 Å². The average molecular weight is 391 g/mol. The summed E-state index contributed by atoms with van der Waals surface area (Å²) in [4.78, 5) is 23.1. The van der Waals surface area contributed by atoms with Crippen molar-refractivity contribution in [3.63, 3.8) is 0 Å². The molecule has 1 N–H and O–H groups in total. The fraction of sp³-hybridized carbons (Fsp3) is 0.154. The number of carbonyl (C=O) groups is 1. The zero-order valence-corrected chi connectivity index (χ0v) is 16.5. The van der Waals surface area contributed by atoms with Crippen molar-refractivity contribution in [1.29, 1.82) is 0 Å². The molecule has 0 bridgehead atoms. The zero-order valence-electron chi connectivity index (χ0n) is 16.5. The second kappa shape index (κ2) is 6.70. The van der Waals surface area contributed by atoms with Crippen LogP contribution >= 0.6 is 0 Å². The van der Waals surface area contributed by atoms with E-state index in [0.29, 0.717) is 13.0 Å². The molecule has 0 saturated carbocycles. The van der Waals surface area contributed by atoms with Gasteiger partial charge in [-0.2, -0.15) is 0 Å². The number of para-hydroxylation sites is 1. The topological polar surface area (TPSA) is 48.5 Å². The third-order valence-corrected chi connectivity index (χ3v) is 6.22. The summed E-state index contributed by atoms with van der Waals surface area (Å²) in [5.41, 5.74) is 7.58. The van der Waals surface area contributed by atoms with Gasteiger partial charge >= 0.3 is 0 Å². The molecule has 146 valence electrons. The largest absolute Gasteiger partial charge is 0.353 e. The Morgan fingerprint density at radius 1 is 0.933 bits per heavy atom. The molecule has 4 nitrogen and oxygen atoms in total. The van der Waals surface area contributed by atoms with Crippen LogP contribution in [0.1, 0.15) is 41.3 Å². The van der Waals surface area contributed by atoms with E-state index in [1.807, 2.05) is 35.2 Å². The molecule has 1 saturated heterocycles. The van der Waals surface area contributed by atoms with Crippen LogP contribution in [-0.2, 0) is 11.3 Å². The highest BCUT2D eigenvalue weighted by Crippen LogP contribution is 2.38. The van der Waals surface area contributed by atoms with E-state index in [1.165, 1.54) is 16.5 Å². The number of aromatic amines is 1. The molecule has 3 heterocycles. The number of rotatable bonds is 3. The normalized spacial score (nSPS) is 18.1. The number of H-pyrrole nitrogens is 1. The zero-order chi connectivity index (χ0) is 20.1. The minimum absolute atomic E-state index is 0.0895. The van der Waals surface area contributed by atoms with Crippen LogP contribution in [0.25, 0.3) is 10.9 Å². The van der Waals surface area contributed by atoms with Crippen molar-refractivity contribution in [3.05, 3.63) is 101 Å². The number of anilines is 1. The molecule has 1 amide bonds. The third kappa shape index (κ3) is 2.68. The summed E-state index contributed by atoms with van der Waals surface area (Å²) >= 11 is 0. The Hall–Kier alpha value is -3.66. The second-order valence-electron chi connectivity index (χ2n) is 8.01. The highest BCUT2D eigenvalue weighted by Gasteiger charge is 2.34. The van der Waals surface area contributed by atoms with Crippen molar-refractivity contribution in [1.82, 2.24) is 4.98 Å². The summed E-state index contributed by atoms with van der Waals surface area (Å²) < 4.78 is 0. The van der Waals surface area contributed by atoms with Crippen molar-refractivity contribution < 1.29 is 4.79 Å². The summed E-state index contributed by atoms with van der Waals surface area (Å²) in [6, 6.07) is 27.2. The first-order valence-electron chi connectivity index (χ1n) is 10.4. The number of hydrogen-bond acceptors (Lipinski definition) is 2. The van der Waals surface area contributed by atoms with Gasteiger partial charge in [-0.3, -0.25) is 9.79 Å². The van der Waals surface area contributed by atoms with Gasteiger partial charge in [0.1, 0.15) is 0 Å². The number of aliphatic imine (C=N–C) groups is 1. The number of benzene rings is 3. The van der Waals surface area contributed by atoms with Crippen molar-refractivity contribution in [2.45, 2.75) is 25.4 Å². The van der Waals surface area contributed by atoms with Crippen molar-refractivity contribution >= 4 is 28.2 Å². The highest BCUT2D eigenvalue weighted by molar-refractivity contribution is 6.16. The van der Waals surface area contributed by atoms with E-state index in [4.69, 9.17) is 4.99 Å². The van der Waals surface area contributed by atoms with Crippen LogP contribution in [0, 0.1) is 0 Å². The van der Waals surface area contributed by atoms with E-state index in [1.54, 1.807) is 0 Å². The van der Waals surface area contributed by atoms with E-state index in [2.05, 4.69) is 53.5 Å². The van der Waals surface area contributed by atoms with Gasteiger partial charge in [-0.1, -0.05) is 54.6 Å². The van der Waals surface area contributed by atoms with Crippen LogP contribution < -0.4 is 4.90 Å². The molecular formula is C26H21N3O. The molecule has 0 radical (unpaired) electrons. The molecule has 1 aromatic heterocycles. The summed E-state index contributed by atoms with van der Waals surface area (Å²) in [5, 5.41) is 1.18. The number of nitrogens with zero attached hydrogens (tertiary/aromatic N) is 2. The Morgan fingerprint density at radius 3 is 2.63 bits per heavy atom. The Bertz CT molecular complexity index is 1270. The quantitative estimate of drug-likeness (QED) is 0.500. The maximum atomic E-state index is 12.8.